The number of rotatable bonds is 8. The van der Waals surface area contributed by atoms with Crippen LogP contribution in [0.3, 0.4) is 0 Å². The van der Waals surface area contributed by atoms with Crippen LogP contribution in [0.5, 0.6) is 11.5 Å². The van der Waals surface area contributed by atoms with Crippen molar-refractivity contribution < 1.29 is 33.8 Å². The van der Waals surface area contributed by atoms with E-state index in [0.717, 1.165) is 9.37 Å². The number of amides is 4. The molecule has 1 fully saturated rings. The monoisotopic (exact) mass is 598 g/mol. The van der Waals surface area contributed by atoms with Gasteiger partial charge in [0, 0.05) is 4.47 Å². The summed E-state index contributed by atoms with van der Waals surface area (Å²) in [6.45, 7) is 2.05. The maximum Gasteiger partial charge on any atom is 0.335 e. The second kappa shape index (κ2) is 11.5. The number of ether oxygens (including phenoxy) is 2. The first-order valence-corrected chi connectivity index (χ1v) is 12.4. The SMILES string of the molecule is CCOc1cc(/C=C2\C(=O)NC(=O)N(c3ccc(Br)cc3)C2=O)cc(Cl)c1OCc1cccc(C(=O)O)c1. The fourth-order valence-corrected chi connectivity index (χ4v) is 4.21. The van der Waals surface area contributed by atoms with Crippen molar-refractivity contribution >= 4 is 63.1 Å². The van der Waals surface area contributed by atoms with E-state index in [1.54, 1.807) is 49.4 Å². The number of anilines is 1. The fraction of sp³-hybridized carbons (Fsp3) is 0.111. The number of barbiturate groups is 1. The molecule has 9 nitrogen and oxygen atoms in total. The number of benzene rings is 3. The molecule has 0 spiro atoms. The number of carbonyl (C=O) groups is 4. The van der Waals surface area contributed by atoms with Crippen LogP contribution >= 0.6 is 27.5 Å². The average molecular weight is 600 g/mol. The van der Waals surface area contributed by atoms with Crippen molar-refractivity contribution in [1.29, 1.82) is 0 Å². The van der Waals surface area contributed by atoms with Gasteiger partial charge in [-0.3, -0.25) is 14.9 Å². The maximum absolute atomic E-state index is 13.2. The number of aromatic carboxylic acids is 1. The number of nitrogens with zero attached hydrogens (tertiary/aromatic N) is 1. The normalized spacial score (nSPS) is 14.4. The third kappa shape index (κ3) is 5.87. The molecule has 1 heterocycles. The molecule has 0 aliphatic carbocycles. The molecule has 194 valence electrons. The molecule has 3 aromatic carbocycles. The Bertz CT molecular complexity index is 1470. The zero-order chi connectivity index (χ0) is 27.4. The number of halogens is 2. The largest absolute Gasteiger partial charge is 0.490 e. The molecule has 2 N–H and O–H groups in total. The first-order valence-electron chi connectivity index (χ1n) is 11.3. The van der Waals surface area contributed by atoms with E-state index < -0.39 is 23.8 Å². The lowest BCUT2D eigenvalue weighted by Gasteiger charge is -2.26. The summed E-state index contributed by atoms with van der Waals surface area (Å²) < 4.78 is 12.3. The van der Waals surface area contributed by atoms with Crippen LogP contribution in [0, 0.1) is 0 Å². The zero-order valence-electron chi connectivity index (χ0n) is 19.9. The number of urea groups is 1. The van der Waals surface area contributed by atoms with Crippen molar-refractivity contribution in [2.24, 2.45) is 0 Å². The summed E-state index contributed by atoms with van der Waals surface area (Å²) in [4.78, 5) is 50.3. The van der Waals surface area contributed by atoms with E-state index >= 15 is 0 Å². The molecule has 0 aromatic heterocycles. The lowest BCUT2D eigenvalue weighted by atomic mass is 10.1. The van der Waals surface area contributed by atoms with Gasteiger partial charge in [0.25, 0.3) is 11.8 Å². The van der Waals surface area contributed by atoms with Crippen molar-refractivity contribution in [3.8, 4) is 11.5 Å². The van der Waals surface area contributed by atoms with Gasteiger partial charge in [0.05, 0.1) is 22.9 Å². The molecule has 1 aliphatic rings. The van der Waals surface area contributed by atoms with E-state index in [1.165, 1.54) is 24.3 Å². The van der Waals surface area contributed by atoms with Gasteiger partial charge < -0.3 is 14.6 Å². The van der Waals surface area contributed by atoms with Gasteiger partial charge in [-0.2, -0.15) is 0 Å². The summed E-state index contributed by atoms with van der Waals surface area (Å²) in [6, 6.07) is 14.9. The third-order valence-corrected chi connectivity index (χ3v) is 6.20. The van der Waals surface area contributed by atoms with Crippen LogP contribution in [0.2, 0.25) is 5.02 Å². The smallest absolute Gasteiger partial charge is 0.335 e. The molecule has 4 amide bonds. The highest BCUT2D eigenvalue weighted by atomic mass is 79.9. The lowest BCUT2D eigenvalue weighted by molar-refractivity contribution is -0.122. The Hall–Kier alpha value is -4.15. The first kappa shape index (κ1) is 26.9. The Morgan fingerprint density at radius 1 is 1.08 bits per heavy atom. The molecule has 0 atom stereocenters. The van der Waals surface area contributed by atoms with Crippen LogP contribution in [-0.2, 0) is 16.2 Å². The highest BCUT2D eigenvalue weighted by Gasteiger charge is 2.36. The Labute approximate surface area is 230 Å². The highest BCUT2D eigenvalue weighted by Crippen LogP contribution is 2.38. The number of carboxylic acids is 1. The number of hydrogen-bond donors (Lipinski definition) is 2. The van der Waals surface area contributed by atoms with E-state index in [0.29, 0.717) is 11.1 Å². The fourth-order valence-electron chi connectivity index (χ4n) is 3.67. The number of imide groups is 2. The molecule has 1 aliphatic heterocycles. The first-order chi connectivity index (χ1) is 18.2. The summed E-state index contributed by atoms with van der Waals surface area (Å²) >= 11 is 9.79. The van der Waals surface area contributed by atoms with Gasteiger partial charge in [-0.05, 0) is 72.7 Å². The predicted octanol–water partition coefficient (Wildman–Crippen LogP) is 5.44. The van der Waals surface area contributed by atoms with Crippen molar-refractivity contribution in [2.75, 3.05) is 11.5 Å². The average Bonchev–Trinajstić information content (AvgIpc) is 2.87. The topological polar surface area (TPSA) is 122 Å². The third-order valence-electron chi connectivity index (χ3n) is 5.39. The van der Waals surface area contributed by atoms with Crippen LogP contribution in [0.1, 0.15) is 28.4 Å². The van der Waals surface area contributed by atoms with Crippen molar-refractivity contribution in [3.63, 3.8) is 0 Å². The van der Waals surface area contributed by atoms with E-state index in [4.69, 9.17) is 21.1 Å². The van der Waals surface area contributed by atoms with Gasteiger partial charge in [0.1, 0.15) is 12.2 Å². The Morgan fingerprint density at radius 2 is 1.82 bits per heavy atom. The van der Waals surface area contributed by atoms with Crippen molar-refractivity contribution in [2.45, 2.75) is 13.5 Å². The molecule has 0 saturated carbocycles. The van der Waals surface area contributed by atoms with Gasteiger partial charge in [-0.25, -0.2) is 14.5 Å². The summed E-state index contributed by atoms with van der Waals surface area (Å²) in [7, 11) is 0. The number of carbonyl (C=O) groups excluding carboxylic acids is 3. The maximum atomic E-state index is 13.2. The molecular formula is C27H20BrClN2O7. The summed E-state index contributed by atoms with van der Waals surface area (Å²) in [5.41, 5.74) is 1.11. The van der Waals surface area contributed by atoms with E-state index in [9.17, 15) is 24.3 Å². The molecule has 3 aromatic rings. The summed E-state index contributed by atoms with van der Waals surface area (Å²) in [5, 5.41) is 11.5. The minimum absolute atomic E-state index is 0.0203. The molecular weight excluding hydrogens is 580 g/mol. The Balaban J connectivity index is 1.64. The minimum atomic E-state index is -1.06. The van der Waals surface area contributed by atoms with Crippen LogP contribution in [0.15, 0.2) is 70.7 Å². The van der Waals surface area contributed by atoms with Gasteiger partial charge in [0.15, 0.2) is 11.5 Å². The summed E-state index contributed by atoms with van der Waals surface area (Å²) in [6.07, 6.45) is 1.31. The van der Waals surface area contributed by atoms with Crippen LogP contribution in [0.25, 0.3) is 6.08 Å². The number of hydrogen-bond acceptors (Lipinski definition) is 6. The molecule has 1 saturated heterocycles. The Kier molecular flexibility index (Phi) is 8.13. The van der Waals surface area contributed by atoms with Crippen molar-refractivity contribution in [3.05, 3.63) is 92.4 Å². The Morgan fingerprint density at radius 3 is 2.50 bits per heavy atom. The second-order valence-corrected chi connectivity index (χ2v) is 9.31. The molecule has 11 heteroatoms. The van der Waals surface area contributed by atoms with E-state index in [1.807, 2.05) is 0 Å². The molecule has 0 bridgehead atoms. The summed E-state index contributed by atoms with van der Waals surface area (Å²) in [5.74, 6) is -2.23. The number of carboxylic acid groups (broad SMARTS) is 1. The van der Waals surface area contributed by atoms with Crippen LogP contribution < -0.4 is 19.7 Å². The molecule has 0 unspecified atom stereocenters. The van der Waals surface area contributed by atoms with Gasteiger partial charge in [-0.1, -0.05) is 39.7 Å². The van der Waals surface area contributed by atoms with E-state index in [2.05, 4.69) is 21.2 Å². The van der Waals surface area contributed by atoms with Crippen LogP contribution in [0.4, 0.5) is 10.5 Å². The minimum Gasteiger partial charge on any atom is -0.490 e. The van der Waals surface area contributed by atoms with Crippen molar-refractivity contribution in [1.82, 2.24) is 5.32 Å². The standard InChI is InChI=1S/C27H20BrClN2O7/c1-2-37-22-13-16(12-21(29)23(22)38-14-15-4-3-5-17(10-15)26(34)35)11-20-24(32)30-27(36)31(25(20)33)19-8-6-18(28)7-9-19/h3-13H,2,14H2,1H3,(H,34,35)(H,30,32,36)/b20-11+. The zero-order valence-corrected chi connectivity index (χ0v) is 22.2. The predicted molar refractivity (Wildman–Crippen MR) is 143 cm³/mol. The van der Waals surface area contributed by atoms with E-state index in [-0.39, 0.29) is 46.6 Å². The van der Waals surface area contributed by atoms with Gasteiger partial charge in [-0.15, -0.1) is 0 Å². The molecule has 38 heavy (non-hydrogen) atoms. The van der Waals surface area contributed by atoms with Gasteiger partial charge >= 0.3 is 12.0 Å². The van der Waals surface area contributed by atoms with Crippen LogP contribution in [-0.4, -0.2) is 35.5 Å². The number of nitrogens with one attached hydrogen (secondary N) is 1. The highest BCUT2D eigenvalue weighted by molar-refractivity contribution is 9.10. The molecule has 0 radical (unpaired) electrons. The molecule has 4 rings (SSSR count). The quantitative estimate of drug-likeness (QED) is 0.261. The lowest BCUT2D eigenvalue weighted by Crippen LogP contribution is -2.54. The second-order valence-electron chi connectivity index (χ2n) is 7.99. The van der Waals surface area contributed by atoms with Gasteiger partial charge in [0.2, 0.25) is 0 Å².